The van der Waals surface area contributed by atoms with Gasteiger partial charge >= 0.3 is 0 Å². The van der Waals surface area contributed by atoms with Crippen LogP contribution in [0.15, 0.2) is 48.5 Å². The van der Waals surface area contributed by atoms with E-state index in [1.54, 1.807) is 6.92 Å². The molecule has 1 amide bonds. The molecular weight excluding hydrogens is 374 g/mol. The Hall–Kier alpha value is -2.66. The van der Waals surface area contributed by atoms with Gasteiger partial charge in [0.15, 0.2) is 12.3 Å². The number of nitrogens with one attached hydrogen (secondary N) is 1. The van der Waals surface area contributed by atoms with Crippen molar-refractivity contribution in [2.45, 2.75) is 32.2 Å². The van der Waals surface area contributed by atoms with Crippen LogP contribution < -0.4 is 9.80 Å². The molecule has 1 heterocycles. The molecule has 1 aliphatic carbocycles. The number of hydrogen-bond donors (Lipinski definition) is 1. The van der Waals surface area contributed by atoms with E-state index in [2.05, 4.69) is 29.2 Å². The molecule has 1 atom stereocenters. The molecule has 158 valence electrons. The van der Waals surface area contributed by atoms with Gasteiger partial charge in [0.25, 0.3) is 5.91 Å². The van der Waals surface area contributed by atoms with Crippen molar-refractivity contribution in [1.29, 1.82) is 0 Å². The highest BCUT2D eigenvalue weighted by molar-refractivity contribution is 5.94. The van der Waals surface area contributed by atoms with Gasteiger partial charge in [0.1, 0.15) is 0 Å². The lowest BCUT2D eigenvalue weighted by Gasteiger charge is -2.36. The first-order valence-corrected chi connectivity index (χ1v) is 11.1. The van der Waals surface area contributed by atoms with Crippen LogP contribution in [-0.4, -0.2) is 56.4 Å². The van der Waals surface area contributed by atoms with Crippen molar-refractivity contribution in [1.82, 2.24) is 4.90 Å². The van der Waals surface area contributed by atoms with E-state index in [-0.39, 0.29) is 17.7 Å². The van der Waals surface area contributed by atoms with Crippen LogP contribution in [-0.2, 0) is 11.2 Å². The molecule has 0 radical (unpaired) electrons. The minimum atomic E-state index is 0.0963. The van der Waals surface area contributed by atoms with Gasteiger partial charge in [-0.2, -0.15) is 0 Å². The van der Waals surface area contributed by atoms with E-state index < -0.39 is 0 Å². The Kier molecular flexibility index (Phi) is 6.18. The Labute approximate surface area is 179 Å². The summed E-state index contributed by atoms with van der Waals surface area (Å²) < 4.78 is 0. The van der Waals surface area contributed by atoms with E-state index in [4.69, 9.17) is 0 Å². The summed E-state index contributed by atoms with van der Waals surface area (Å²) in [6, 6.07) is 16.6. The van der Waals surface area contributed by atoms with Gasteiger partial charge in [-0.25, -0.2) is 0 Å². The number of rotatable bonds is 5. The fraction of sp³-hybridized carbons (Fsp3) is 0.440. The number of amides is 1. The highest BCUT2D eigenvalue weighted by Gasteiger charge is 2.29. The standard InChI is InChI=1S/C25H31N3O2/c1-19(29)20-10-12-22(13-11-20)28-16-14-27(15-17-28)18-25(30)26(2)24-9-5-7-21-6-3-4-8-23(21)24/h3-4,6,8,10-13,24H,5,7,9,14-18H2,1-2H3/p+1/t24-/m0/s1. The second kappa shape index (κ2) is 9.00. The summed E-state index contributed by atoms with van der Waals surface area (Å²) in [7, 11) is 1.97. The summed E-state index contributed by atoms with van der Waals surface area (Å²) in [6.07, 6.45) is 3.32. The molecule has 30 heavy (non-hydrogen) atoms. The maximum atomic E-state index is 13.0. The molecule has 4 rings (SSSR count). The molecule has 2 aromatic rings. The zero-order chi connectivity index (χ0) is 21.1. The fourth-order valence-corrected chi connectivity index (χ4v) is 4.81. The summed E-state index contributed by atoms with van der Waals surface area (Å²) in [4.78, 5) is 30.2. The lowest BCUT2D eigenvalue weighted by Crippen LogP contribution is -3.15. The molecule has 0 saturated carbocycles. The molecule has 1 N–H and O–H groups in total. The molecule has 1 saturated heterocycles. The van der Waals surface area contributed by atoms with Crippen LogP contribution >= 0.6 is 0 Å². The number of piperazine rings is 1. The molecule has 0 spiro atoms. The van der Waals surface area contributed by atoms with Crippen LogP contribution in [0.3, 0.4) is 0 Å². The quantitative estimate of drug-likeness (QED) is 0.774. The summed E-state index contributed by atoms with van der Waals surface area (Å²) >= 11 is 0. The number of likely N-dealkylation sites (N-methyl/N-ethyl adjacent to an activating group) is 1. The van der Waals surface area contributed by atoms with E-state index >= 15 is 0 Å². The van der Waals surface area contributed by atoms with E-state index in [1.807, 2.05) is 36.2 Å². The second-order valence-electron chi connectivity index (χ2n) is 8.63. The van der Waals surface area contributed by atoms with Crippen molar-refractivity contribution in [2.24, 2.45) is 0 Å². The van der Waals surface area contributed by atoms with Crippen LogP contribution in [0.1, 0.15) is 47.3 Å². The van der Waals surface area contributed by atoms with Gasteiger partial charge < -0.3 is 14.7 Å². The first-order chi connectivity index (χ1) is 14.5. The molecular formula is C25H32N3O2+. The largest absolute Gasteiger partial charge is 0.360 e. The molecule has 0 aromatic heterocycles. The highest BCUT2D eigenvalue weighted by atomic mass is 16.2. The number of nitrogens with zero attached hydrogens (tertiary/aromatic N) is 2. The summed E-state index contributed by atoms with van der Waals surface area (Å²) in [5.74, 6) is 0.338. The SMILES string of the molecule is CC(=O)c1ccc(N2CC[NH+](CC(=O)N(C)[C@H]3CCCc4ccccc43)CC2)cc1. The number of ketones is 1. The van der Waals surface area contributed by atoms with Crippen LogP contribution in [0.2, 0.25) is 0 Å². The van der Waals surface area contributed by atoms with Gasteiger partial charge in [-0.15, -0.1) is 0 Å². The average Bonchev–Trinajstić information content (AvgIpc) is 2.78. The zero-order valence-electron chi connectivity index (χ0n) is 18.1. The summed E-state index contributed by atoms with van der Waals surface area (Å²) in [5.41, 5.74) is 4.63. The van der Waals surface area contributed by atoms with Gasteiger partial charge in [0.2, 0.25) is 0 Å². The van der Waals surface area contributed by atoms with E-state index in [1.165, 1.54) is 16.0 Å². The maximum absolute atomic E-state index is 13.0. The Morgan fingerprint density at radius 3 is 2.47 bits per heavy atom. The van der Waals surface area contributed by atoms with Gasteiger partial charge in [-0.3, -0.25) is 9.59 Å². The van der Waals surface area contributed by atoms with E-state index in [0.29, 0.717) is 6.54 Å². The Balaban J connectivity index is 1.32. The normalized spacial score (nSPS) is 19.3. The monoisotopic (exact) mass is 406 g/mol. The first kappa shape index (κ1) is 20.6. The number of benzene rings is 2. The lowest BCUT2D eigenvalue weighted by atomic mass is 9.87. The predicted octanol–water partition coefficient (Wildman–Crippen LogP) is 2.13. The van der Waals surface area contributed by atoms with E-state index in [0.717, 1.165) is 56.7 Å². The molecule has 5 nitrogen and oxygen atoms in total. The van der Waals surface area contributed by atoms with Crippen LogP contribution in [0.25, 0.3) is 0 Å². The van der Waals surface area contributed by atoms with E-state index in [9.17, 15) is 9.59 Å². The van der Waals surface area contributed by atoms with Gasteiger partial charge in [0, 0.05) is 18.3 Å². The van der Waals surface area contributed by atoms with Crippen molar-refractivity contribution < 1.29 is 14.5 Å². The molecule has 0 bridgehead atoms. The molecule has 2 aliphatic rings. The van der Waals surface area contributed by atoms with Gasteiger partial charge in [-0.1, -0.05) is 24.3 Å². The number of carbonyl (C=O) groups is 2. The topological polar surface area (TPSA) is 45.1 Å². The molecule has 1 fully saturated rings. The molecule has 5 heteroatoms. The number of aryl methyl sites for hydroxylation is 1. The van der Waals surface area contributed by atoms with Crippen LogP contribution in [0.4, 0.5) is 5.69 Å². The smallest absolute Gasteiger partial charge is 0.278 e. The summed E-state index contributed by atoms with van der Waals surface area (Å²) in [5, 5.41) is 0. The van der Waals surface area contributed by atoms with Crippen molar-refractivity contribution in [3.8, 4) is 0 Å². The first-order valence-electron chi connectivity index (χ1n) is 11.1. The number of quaternary nitrogens is 1. The Bertz CT molecular complexity index is 901. The van der Waals surface area contributed by atoms with Crippen molar-refractivity contribution in [3.05, 3.63) is 65.2 Å². The lowest BCUT2D eigenvalue weighted by molar-refractivity contribution is -0.892. The highest BCUT2D eigenvalue weighted by Crippen LogP contribution is 2.33. The fourth-order valence-electron chi connectivity index (χ4n) is 4.81. The number of anilines is 1. The average molecular weight is 407 g/mol. The van der Waals surface area contributed by atoms with Crippen molar-refractivity contribution in [3.63, 3.8) is 0 Å². The van der Waals surface area contributed by atoms with Gasteiger partial charge in [-0.05, 0) is 61.6 Å². The molecule has 0 unspecified atom stereocenters. The number of fused-ring (bicyclic) bond motifs is 1. The Morgan fingerprint density at radius 1 is 1.07 bits per heavy atom. The molecule has 2 aromatic carbocycles. The minimum Gasteiger partial charge on any atom is -0.360 e. The van der Waals surface area contributed by atoms with Gasteiger partial charge in [0.05, 0.1) is 32.2 Å². The Morgan fingerprint density at radius 2 is 1.77 bits per heavy atom. The third-order valence-corrected chi connectivity index (χ3v) is 6.71. The van der Waals surface area contributed by atoms with Crippen molar-refractivity contribution >= 4 is 17.4 Å². The van der Waals surface area contributed by atoms with Crippen LogP contribution in [0.5, 0.6) is 0 Å². The molecule has 1 aliphatic heterocycles. The predicted molar refractivity (Wildman–Crippen MR) is 119 cm³/mol. The minimum absolute atomic E-state index is 0.0963. The zero-order valence-corrected chi connectivity index (χ0v) is 18.1. The summed E-state index contributed by atoms with van der Waals surface area (Å²) in [6.45, 7) is 5.92. The maximum Gasteiger partial charge on any atom is 0.278 e. The van der Waals surface area contributed by atoms with Crippen LogP contribution in [0, 0.1) is 0 Å². The third-order valence-electron chi connectivity index (χ3n) is 6.71. The van der Waals surface area contributed by atoms with Crippen molar-refractivity contribution in [2.75, 3.05) is 44.7 Å². The number of carbonyl (C=O) groups excluding carboxylic acids is 2. The number of hydrogen-bond acceptors (Lipinski definition) is 3. The second-order valence-corrected chi connectivity index (χ2v) is 8.63. The third kappa shape index (κ3) is 4.41. The number of Topliss-reactive ketones (excluding diaryl/α,β-unsaturated/α-hetero) is 1.